The third-order valence-electron chi connectivity index (χ3n) is 3.05. The minimum atomic E-state index is -0.483. The van der Waals surface area contributed by atoms with Crippen LogP contribution in [0.15, 0.2) is 41.7 Å². The monoisotopic (exact) mass is 430 g/mol. The number of aliphatic imine (C=N–C) groups is 1. The molecule has 8 nitrogen and oxygen atoms in total. The first kappa shape index (κ1) is 18.9. The number of hydrogen-bond donors (Lipinski definition) is 2. The molecule has 1 heterocycles. The summed E-state index contributed by atoms with van der Waals surface area (Å²) in [5.41, 5.74) is 7.87. The molecular formula is C14H19IN6O2. The average Bonchev–Trinajstić information content (AvgIpc) is 2.96. The van der Waals surface area contributed by atoms with Crippen molar-refractivity contribution in [3.8, 4) is 0 Å². The highest BCUT2D eigenvalue weighted by Crippen LogP contribution is 2.10. The zero-order valence-corrected chi connectivity index (χ0v) is 15.0. The molecule has 9 heteroatoms. The Balaban J connectivity index is 0.00000264. The standard InChI is InChI=1S/C14H18N6O2.HI/c1-2-11-4-3-5-12(8-11)18-14(15)16-6-7-19-10-13(9-17-19)20(21)22;/h3-5,8-10H,2,6-7H2,1H3,(H3,15,16,18);1H. The van der Waals surface area contributed by atoms with Gasteiger partial charge in [0.05, 0.1) is 18.0 Å². The predicted octanol–water partition coefficient (Wildman–Crippen LogP) is 2.40. The van der Waals surface area contributed by atoms with E-state index in [1.165, 1.54) is 22.6 Å². The Bertz CT molecular complexity index is 685. The quantitative estimate of drug-likeness (QED) is 0.240. The largest absolute Gasteiger partial charge is 0.370 e. The second kappa shape index (κ2) is 9.08. The normalized spacial score (nSPS) is 10.9. The predicted molar refractivity (Wildman–Crippen MR) is 100 cm³/mol. The molecule has 2 aromatic rings. The van der Waals surface area contributed by atoms with Crippen LogP contribution in [-0.4, -0.2) is 27.2 Å². The van der Waals surface area contributed by atoms with E-state index >= 15 is 0 Å². The number of hydrogen-bond acceptors (Lipinski definition) is 4. The maximum absolute atomic E-state index is 10.5. The van der Waals surface area contributed by atoms with Gasteiger partial charge in [-0.15, -0.1) is 24.0 Å². The number of halogens is 1. The molecule has 0 bridgehead atoms. The smallest absolute Gasteiger partial charge is 0.306 e. The molecule has 23 heavy (non-hydrogen) atoms. The molecule has 0 aliphatic rings. The van der Waals surface area contributed by atoms with Gasteiger partial charge in [0.1, 0.15) is 12.4 Å². The van der Waals surface area contributed by atoms with Crippen LogP contribution < -0.4 is 11.1 Å². The highest BCUT2D eigenvalue weighted by Gasteiger charge is 2.07. The van der Waals surface area contributed by atoms with E-state index in [0.29, 0.717) is 19.0 Å². The van der Waals surface area contributed by atoms with Crippen molar-refractivity contribution in [1.29, 1.82) is 0 Å². The second-order valence-corrected chi connectivity index (χ2v) is 4.66. The molecular weight excluding hydrogens is 411 g/mol. The van der Waals surface area contributed by atoms with Gasteiger partial charge in [-0.1, -0.05) is 19.1 Å². The SMILES string of the molecule is CCc1cccc(NC(N)=NCCn2cc([N+](=O)[O-])cn2)c1.I. The summed E-state index contributed by atoms with van der Waals surface area (Å²) in [4.78, 5) is 14.2. The number of aromatic nitrogens is 2. The molecule has 0 fully saturated rings. The fourth-order valence-electron chi connectivity index (χ4n) is 1.90. The molecule has 0 aliphatic heterocycles. The molecule has 0 spiro atoms. The highest BCUT2D eigenvalue weighted by molar-refractivity contribution is 14.0. The Hall–Kier alpha value is -2.17. The summed E-state index contributed by atoms with van der Waals surface area (Å²) in [6, 6.07) is 7.93. The molecule has 2 rings (SSSR count). The van der Waals surface area contributed by atoms with Crippen molar-refractivity contribution >= 4 is 41.3 Å². The van der Waals surface area contributed by atoms with E-state index < -0.39 is 4.92 Å². The van der Waals surface area contributed by atoms with Gasteiger partial charge in [0, 0.05) is 5.69 Å². The minimum Gasteiger partial charge on any atom is -0.370 e. The first-order chi connectivity index (χ1) is 10.6. The Kier molecular flexibility index (Phi) is 7.45. The maximum Gasteiger partial charge on any atom is 0.306 e. The van der Waals surface area contributed by atoms with Gasteiger partial charge in [-0.3, -0.25) is 19.8 Å². The molecule has 0 amide bonds. The van der Waals surface area contributed by atoms with Crippen LogP contribution in [0.25, 0.3) is 0 Å². The zero-order valence-electron chi connectivity index (χ0n) is 12.7. The molecule has 0 unspecified atom stereocenters. The number of benzene rings is 1. The Morgan fingerprint density at radius 1 is 1.52 bits per heavy atom. The van der Waals surface area contributed by atoms with Crippen LogP contribution in [0.3, 0.4) is 0 Å². The van der Waals surface area contributed by atoms with Crippen molar-refractivity contribution in [2.75, 3.05) is 11.9 Å². The summed E-state index contributed by atoms with van der Waals surface area (Å²) in [6.45, 7) is 2.89. The molecule has 3 N–H and O–H groups in total. The van der Waals surface area contributed by atoms with Gasteiger partial charge in [-0.2, -0.15) is 5.10 Å². The summed E-state index contributed by atoms with van der Waals surface area (Å²) in [5, 5.41) is 17.4. The first-order valence-corrected chi connectivity index (χ1v) is 6.91. The van der Waals surface area contributed by atoms with Crippen LogP contribution in [0.4, 0.5) is 11.4 Å². The van der Waals surface area contributed by atoms with Crippen molar-refractivity contribution in [3.63, 3.8) is 0 Å². The molecule has 1 aromatic heterocycles. The van der Waals surface area contributed by atoms with Gasteiger partial charge in [-0.25, -0.2) is 0 Å². The third kappa shape index (κ3) is 5.85. The van der Waals surface area contributed by atoms with E-state index in [-0.39, 0.29) is 29.7 Å². The van der Waals surface area contributed by atoms with Crippen molar-refractivity contribution in [2.45, 2.75) is 19.9 Å². The number of nitrogens with zero attached hydrogens (tertiary/aromatic N) is 4. The fourth-order valence-corrected chi connectivity index (χ4v) is 1.90. The molecule has 0 aliphatic carbocycles. The fraction of sp³-hybridized carbons (Fsp3) is 0.286. The number of rotatable bonds is 6. The van der Waals surface area contributed by atoms with Crippen LogP contribution >= 0.6 is 24.0 Å². The summed E-state index contributed by atoms with van der Waals surface area (Å²) >= 11 is 0. The van der Waals surface area contributed by atoms with E-state index in [0.717, 1.165) is 12.1 Å². The van der Waals surface area contributed by atoms with E-state index in [9.17, 15) is 10.1 Å². The van der Waals surface area contributed by atoms with Crippen molar-refractivity contribution in [2.24, 2.45) is 10.7 Å². The van der Waals surface area contributed by atoms with Gasteiger partial charge in [0.2, 0.25) is 0 Å². The number of nitro groups is 1. The summed E-state index contributed by atoms with van der Waals surface area (Å²) < 4.78 is 1.46. The van der Waals surface area contributed by atoms with Crippen LogP contribution in [-0.2, 0) is 13.0 Å². The van der Waals surface area contributed by atoms with Crippen LogP contribution in [0.2, 0.25) is 0 Å². The van der Waals surface area contributed by atoms with E-state index in [1.807, 2.05) is 24.3 Å². The van der Waals surface area contributed by atoms with E-state index in [1.54, 1.807) is 0 Å². The van der Waals surface area contributed by atoms with Gasteiger partial charge in [-0.05, 0) is 24.1 Å². The molecule has 0 atom stereocenters. The summed E-state index contributed by atoms with van der Waals surface area (Å²) in [5.74, 6) is 0.301. The van der Waals surface area contributed by atoms with Crippen LogP contribution in [0.1, 0.15) is 12.5 Å². The lowest BCUT2D eigenvalue weighted by Crippen LogP contribution is -2.23. The van der Waals surface area contributed by atoms with Crippen LogP contribution in [0, 0.1) is 10.1 Å². The zero-order chi connectivity index (χ0) is 15.9. The number of nitrogens with one attached hydrogen (secondary N) is 1. The van der Waals surface area contributed by atoms with Gasteiger partial charge in [0.15, 0.2) is 5.96 Å². The molecule has 0 radical (unpaired) electrons. The number of aryl methyl sites for hydroxylation is 1. The highest BCUT2D eigenvalue weighted by atomic mass is 127. The lowest BCUT2D eigenvalue weighted by atomic mass is 10.1. The number of anilines is 1. The van der Waals surface area contributed by atoms with Gasteiger partial charge < -0.3 is 11.1 Å². The van der Waals surface area contributed by atoms with Crippen molar-refractivity contribution in [1.82, 2.24) is 9.78 Å². The van der Waals surface area contributed by atoms with Gasteiger partial charge >= 0.3 is 5.69 Å². The van der Waals surface area contributed by atoms with Crippen LogP contribution in [0.5, 0.6) is 0 Å². The Labute approximate surface area is 151 Å². The second-order valence-electron chi connectivity index (χ2n) is 4.66. The first-order valence-electron chi connectivity index (χ1n) is 6.91. The van der Waals surface area contributed by atoms with E-state index in [2.05, 4.69) is 22.3 Å². The van der Waals surface area contributed by atoms with Crippen molar-refractivity contribution < 1.29 is 4.92 Å². The molecule has 0 saturated carbocycles. The lowest BCUT2D eigenvalue weighted by molar-refractivity contribution is -0.385. The van der Waals surface area contributed by atoms with Crippen molar-refractivity contribution in [3.05, 3.63) is 52.3 Å². The molecule has 124 valence electrons. The summed E-state index contributed by atoms with van der Waals surface area (Å²) in [7, 11) is 0. The minimum absolute atomic E-state index is 0. The third-order valence-corrected chi connectivity index (χ3v) is 3.05. The number of guanidine groups is 1. The number of nitrogens with two attached hydrogens (primary N) is 1. The topological polar surface area (TPSA) is 111 Å². The average molecular weight is 430 g/mol. The Morgan fingerprint density at radius 2 is 2.30 bits per heavy atom. The Morgan fingerprint density at radius 3 is 2.96 bits per heavy atom. The summed E-state index contributed by atoms with van der Waals surface area (Å²) in [6.07, 6.45) is 3.52. The van der Waals surface area contributed by atoms with E-state index in [4.69, 9.17) is 5.73 Å². The molecule has 1 aromatic carbocycles. The van der Waals surface area contributed by atoms with Gasteiger partial charge in [0.25, 0.3) is 0 Å². The molecule has 0 saturated heterocycles. The maximum atomic E-state index is 10.5. The lowest BCUT2D eigenvalue weighted by Gasteiger charge is -2.07.